The zero-order valence-corrected chi connectivity index (χ0v) is 13.6. The van der Waals surface area contributed by atoms with Crippen LogP contribution in [0.5, 0.6) is 0 Å². The van der Waals surface area contributed by atoms with Gasteiger partial charge >= 0.3 is 0 Å². The summed E-state index contributed by atoms with van der Waals surface area (Å²) >= 11 is 1.42. The van der Waals surface area contributed by atoms with Gasteiger partial charge in [-0.25, -0.2) is 0 Å². The number of amides is 1. The lowest BCUT2D eigenvalue weighted by molar-refractivity contribution is -0.139. The van der Waals surface area contributed by atoms with Gasteiger partial charge in [-0.05, 0) is 17.0 Å². The number of rotatable bonds is 5. The molecule has 23 heavy (non-hydrogen) atoms. The topological polar surface area (TPSA) is 46.6 Å². The van der Waals surface area contributed by atoms with Gasteiger partial charge in [-0.3, -0.25) is 9.59 Å². The Kier molecular flexibility index (Phi) is 5.20. The first-order valence-corrected chi connectivity index (χ1v) is 8.63. The van der Waals surface area contributed by atoms with Crippen molar-refractivity contribution in [1.29, 1.82) is 0 Å². The molecule has 1 amide bonds. The van der Waals surface area contributed by atoms with Crippen molar-refractivity contribution in [2.45, 2.75) is 18.9 Å². The van der Waals surface area contributed by atoms with Crippen LogP contribution in [0.2, 0.25) is 0 Å². The minimum Gasteiger partial charge on any atom is -0.370 e. The summed E-state index contributed by atoms with van der Waals surface area (Å²) < 4.78 is 5.77. The Balaban J connectivity index is 1.54. The van der Waals surface area contributed by atoms with Gasteiger partial charge in [0.1, 0.15) is 6.10 Å². The Morgan fingerprint density at radius 3 is 2.70 bits per heavy atom. The molecule has 0 unspecified atom stereocenters. The number of benzene rings is 1. The van der Waals surface area contributed by atoms with Crippen molar-refractivity contribution in [1.82, 2.24) is 4.90 Å². The van der Waals surface area contributed by atoms with Crippen molar-refractivity contribution >= 4 is 23.0 Å². The largest absolute Gasteiger partial charge is 0.370 e. The van der Waals surface area contributed by atoms with Gasteiger partial charge in [0.15, 0.2) is 5.78 Å². The average Bonchev–Trinajstić information content (AvgIpc) is 3.15. The fourth-order valence-corrected chi connectivity index (χ4v) is 3.38. The first-order valence-electron chi connectivity index (χ1n) is 7.75. The van der Waals surface area contributed by atoms with Crippen molar-refractivity contribution in [3.63, 3.8) is 0 Å². The van der Waals surface area contributed by atoms with Crippen LogP contribution < -0.4 is 0 Å². The number of Topliss-reactive ketones (excluding diaryl/α,β-unsaturated/α-hetero) is 1. The smallest absolute Gasteiger partial charge is 0.223 e. The van der Waals surface area contributed by atoms with E-state index in [1.54, 1.807) is 6.07 Å². The first-order chi connectivity index (χ1) is 11.2. The summed E-state index contributed by atoms with van der Waals surface area (Å²) in [6.07, 6.45) is 0.451. The standard InChI is InChI=1S/C18H19NO3S/c20-15(17-7-4-12-23-17)8-9-18(21)19-10-11-22-16(13-19)14-5-2-1-3-6-14/h1-7,12,16H,8-11,13H2/t16-/m1/s1. The van der Waals surface area contributed by atoms with Gasteiger partial charge in [-0.15, -0.1) is 11.3 Å². The van der Waals surface area contributed by atoms with Crippen LogP contribution in [0.25, 0.3) is 0 Å². The van der Waals surface area contributed by atoms with Gasteiger partial charge in [0, 0.05) is 19.4 Å². The Morgan fingerprint density at radius 1 is 1.13 bits per heavy atom. The van der Waals surface area contributed by atoms with Crippen LogP contribution in [0.1, 0.15) is 34.2 Å². The average molecular weight is 329 g/mol. The Hall–Kier alpha value is -1.98. The Bertz CT molecular complexity index is 654. The molecule has 1 aliphatic heterocycles. The third-order valence-electron chi connectivity index (χ3n) is 3.95. The molecule has 1 saturated heterocycles. The quantitative estimate of drug-likeness (QED) is 0.791. The second-order valence-electron chi connectivity index (χ2n) is 5.51. The zero-order valence-electron chi connectivity index (χ0n) is 12.8. The molecular formula is C18H19NO3S. The van der Waals surface area contributed by atoms with Gasteiger partial charge in [0.2, 0.25) is 5.91 Å². The molecule has 2 aromatic rings. The maximum absolute atomic E-state index is 12.4. The second kappa shape index (κ2) is 7.53. The van der Waals surface area contributed by atoms with E-state index >= 15 is 0 Å². The van der Waals surface area contributed by atoms with Gasteiger partial charge in [0.25, 0.3) is 0 Å². The SMILES string of the molecule is O=C(CCC(=O)N1CCO[C@@H](c2ccccc2)C1)c1cccs1. The number of carbonyl (C=O) groups is 2. The summed E-state index contributed by atoms with van der Waals surface area (Å²) in [6.45, 7) is 1.68. The molecule has 1 atom stereocenters. The van der Waals surface area contributed by atoms with E-state index in [-0.39, 0.29) is 30.6 Å². The van der Waals surface area contributed by atoms with Gasteiger partial charge in [-0.1, -0.05) is 36.4 Å². The monoisotopic (exact) mass is 329 g/mol. The van der Waals surface area contributed by atoms with Crippen LogP contribution in [0, 0.1) is 0 Å². The van der Waals surface area contributed by atoms with Gasteiger partial charge in [-0.2, -0.15) is 0 Å². The highest BCUT2D eigenvalue weighted by atomic mass is 32.1. The third kappa shape index (κ3) is 4.06. The van der Waals surface area contributed by atoms with E-state index in [1.807, 2.05) is 46.7 Å². The van der Waals surface area contributed by atoms with Crippen LogP contribution in [0.4, 0.5) is 0 Å². The van der Waals surface area contributed by atoms with Crippen LogP contribution in [0.15, 0.2) is 47.8 Å². The summed E-state index contributed by atoms with van der Waals surface area (Å²) in [6, 6.07) is 13.6. The molecule has 2 heterocycles. The van der Waals surface area contributed by atoms with Crippen LogP contribution in [-0.2, 0) is 9.53 Å². The highest BCUT2D eigenvalue weighted by Gasteiger charge is 2.25. The fourth-order valence-electron chi connectivity index (χ4n) is 2.68. The highest BCUT2D eigenvalue weighted by Crippen LogP contribution is 2.22. The number of carbonyl (C=O) groups excluding carboxylic acids is 2. The first kappa shape index (κ1) is 15.9. The fraction of sp³-hybridized carbons (Fsp3) is 0.333. The molecule has 1 aliphatic rings. The Labute approximate surface area is 139 Å². The van der Waals surface area contributed by atoms with Crippen molar-refractivity contribution in [2.24, 2.45) is 0 Å². The molecule has 1 fully saturated rings. The number of nitrogens with zero attached hydrogens (tertiary/aromatic N) is 1. The second-order valence-corrected chi connectivity index (χ2v) is 6.46. The molecule has 0 saturated carbocycles. The maximum atomic E-state index is 12.4. The molecule has 4 nitrogen and oxygen atoms in total. The molecule has 0 aliphatic carbocycles. The predicted molar refractivity (Wildman–Crippen MR) is 89.6 cm³/mol. The minimum atomic E-state index is -0.0816. The molecule has 1 aromatic carbocycles. The van der Waals surface area contributed by atoms with Crippen molar-refractivity contribution in [2.75, 3.05) is 19.7 Å². The number of thiophene rings is 1. The lowest BCUT2D eigenvalue weighted by Crippen LogP contribution is -2.42. The van der Waals surface area contributed by atoms with Crippen LogP contribution in [0.3, 0.4) is 0 Å². The normalized spacial score (nSPS) is 17.9. The van der Waals surface area contributed by atoms with E-state index in [2.05, 4.69) is 0 Å². The summed E-state index contributed by atoms with van der Waals surface area (Å²) in [5.74, 6) is 0.0698. The summed E-state index contributed by atoms with van der Waals surface area (Å²) in [4.78, 5) is 26.9. The van der Waals surface area contributed by atoms with Crippen LogP contribution in [-0.4, -0.2) is 36.3 Å². The summed E-state index contributed by atoms with van der Waals surface area (Å²) in [5, 5.41) is 1.88. The molecule has 0 bridgehead atoms. The number of hydrogen-bond acceptors (Lipinski definition) is 4. The van der Waals surface area contributed by atoms with Crippen molar-refractivity contribution in [3.05, 3.63) is 58.3 Å². The van der Waals surface area contributed by atoms with E-state index in [1.165, 1.54) is 11.3 Å². The number of hydrogen-bond donors (Lipinski definition) is 0. The van der Waals surface area contributed by atoms with E-state index < -0.39 is 0 Å². The molecule has 3 rings (SSSR count). The number of ketones is 1. The van der Waals surface area contributed by atoms with Crippen LogP contribution >= 0.6 is 11.3 Å². The van der Waals surface area contributed by atoms with E-state index in [4.69, 9.17) is 4.74 Å². The minimum absolute atomic E-state index is 0.0270. The van der Waals surface area contributed by atoms with E-state index in [9.17, 15) is 9.59 Å². The van der Waals surface area contributed by atoms with Gasteiger partial charge in [0.05, 0.1) is 18.0 Å². The summed E-state index contributed by atoms with van der Waals surface area (Å²) in [7, 11) is 0. The molecule has 0 radical (unpaired) electrons. The van der Waals surface area contributed by atoms with E-state index in [0.29, 0.717) is 19.7 Å². The highest BCUT2D eigenvalue weighted by molar-refractivity contribution is 7.12. The van der Waals surface area contributed by atoms with Crippen molar-refractivity contribution < 1.29 is 14.3 Å². The number of ether oxygens (including phenoxy) is 1. The molecule has 0 N–H and O–H groups in total. The Morgan fingerprint density at radius 2 is 1.96 bits per heavy atom. The molecule has 0 spiro atoms. The molecular weight excluding hydrogens is 310 g/mol. The zero-order chi connectivity index (χ0) is 16.1. The number of morpholine rings is 1. The van der Waals surface area contributed by atoms with Crippen molar-refractivity contribution in [3.8, 4) is 0 Å². The molecule has 120 valence electrons. The molecule has 1 aromatic heterocycles. The van der Waals surface area contributed by atoms with Gasteiger partial charge < -0.3 is 9.64 Å². The predicted octanol–water partition coefficient (Wildman–Crippen LogP) is 3.31. The maximum Gasteiger partial charge on any atom is 0.223 e. The molecule has 5 heteroatoms. The van der Waals surface area contributed by atoms with E-state index in [0.717, 1.165) is 10.4 Å². The third-order valence-corrected chi connectivity index (χ3v) is 4.86. The summed E-state index contributed by atoms with van der Waals surface area (Å²) in [5.41, 5.74) is 1.08. The lowest BCUT2D eigenvalue weighted by atomic mass is 10.1. The lowest BCUT2D eigenvalue weighted by Gasteiger charge is -2.33.